The van der Waals surface area contributed by atoms with Crippen LogP contribution in [0.4, 0.5) is 0 Å². The predicted molar refractivity (Wildman–Crippen MR) is 213 cm³/mol. The molecule has 0 fully saturated rings. The van der Waals surface area contributed by atoms with Crippen LogP contribution in [0.2, 0.25) is 0 Å². The molecule has 0 aliphatic heterocycles. The maximum atomic E-state index is 13.5. The fourth-order valence-electron chi connectivity index (χ4n) is 5.79. The third kappa shape index (κ3) is 8.97. The van der Waals surface area contributed by atoms with Crippen LogP contribution >= 0.6 is 0 Å². The third-order valence-electron chi connectivity index (χ3n) is 8.47. The van der Waals surface area contributed by atoms with Gasteiger partial charge in [-0.15, -0.1) is 0 Å². The summed E-state index contributed by atoms with van der Waals surface area (Å²) in [6.45, 7) is 15.9. The first kappa shape index (κ1) is 39.0. The van der Waals surface area contributed by atoms with E-state index in [-0.39, 0.29) is 11.6 Å². The van der Waals surface area contributed by atoms with E-state index in [4.69, 9.17) is 0 Å². The second kappa shape index (κ2) is 18.9. The number of hydrogen-bond donors (Lipinski definition) is 2. The first-order chi connectivity index (χ1) is 24.3. The minimum atomic E-state index is 0.0460. The van der Waals surface area contributed by atoms with Crippen molar-refractivity contribution < 1.29 is 9.59 Å². The van der Waals surface area contributed by atoms with Gasteiger partial charge in [0.2, 0.25) is 0 Å². The largest absolute Gasteiger partial charge is 0.289 e. The van der Waals surface area contributed by atoms with E-state index in [0.717, 1.165) is 77.9 Å². The van der Waals surface area contributed by atoms with Crippen LogP contribution in [0.3, 0.4) is 0 Å². The summed E-state index contributed by atoms with van der Waals surface area (Å²) in [4.78, 5) is 27.0. The van der Waals surface area contributed by atoms with E-state index in [9.17, 15) is 9.59 Å². The summed E-state index contributed by atoms with van der Waals surface area (Å²) in [7, 11) is 0. The van der Waals surface area contributed by atoms with Crippen LogP contribution in [0, 0.1) is 27.7 Å². The fourth-order valence-corrected chi connectivity index (χ4v) is 5.79. The molecule has 0 saturated heterocycles. The van der Waals surface area contributed by atoms with Crippen LogP contribution < -0.4 is 11.7 Å². The highest BCUT2D eigenvalue weighted by atomic mass is 16.1. The van der Waals surface area contributed by atoms with E-state index in [1.165, 1.54) is 0 Å². The Hall–Kier alpha value is -5.42. The van der Waals surface area contributed by atoms with Crippen molar-refractivity contribution in [3.05, 3.63) is 178 Å². The molecule has 6 aromatic rings. The van der Waals surface area contributed by atoms with Gasteiger partial charge in [-0.2, -0.15) is 0 Å². The fraction of sp³-hybridized carbons (Fsp3) is 0.174. The first-order valence-electron chi connectivity index (χ1n) is 17.3. The molecule has 0 radical (unpaired) electrons. The minimum Gasteiger partial charge on any atom is -0.289 e. The van der Waals surface area contributed by atoms with Gasteiger partial charge in [0.25, 0.3) is 0 Å². The summed E-state index contributed by atoms with van der Waals surface area (Å²) in [6, 6.07) is 44.6. The number of carbonyl (C=O) groups is 2. The van der Waals surface area contributed by atoms with Gasteiger partial charge in [-0.3, -0.25) is 21.3 Å². The highest BCUT2D eigenvalue weighted by Gasteiger charge is 2.17. The summed E-state index contributed by atoms with van der Waals surface area (Å²) in [5.74, 6) is 8.09. The standard InChI is InChI=1S/C42H34O2.2C2H6.H4N2/c1-27-11-5-7-17-37(27)41(43)39-25-35(21-19-29(39)3)33-15-9-13-31(23-33)32-14-10-16-34(24-32)36-22-20-30(4)40(26-36)42(44)38-18-8-6-12-28(38)2;3*1-2/h5-26H,1-4H3;2*1-2H3;1-2H2. The smallest absolute Gasteiger partial charge is 0.193 e. The summed E-state index contributed by atoms with van der Waals surface area (Å²) < 4.78 is 0. The highest BCUT2D eigenvalue weighted by Crippen LogP contribution is 2.32. The van der Waals surface area contributed by atoms with Gasteiger partial charge in [0.15, 0.2) is 11.6 Å². The lowest BCUT2D eigenvalue weighted by Crippen LogP contribution is -2.06. The third-order valence-corrected chi connectivity index (χ3v) is 8.47. The zero-order valence-corrected chi connectivity index (χ0v) is 30.7. The van der Waals surface area contributed by atoms with E-state index >= 15 is 0 Å². The van der Waals surface area contributed by atoms with Gasteiger partial charge in [-0.25, -0.2) is 0 Å². The lowest BCUT2D eigenvalue weighted by Gasteiger charge is -2.13. The molecule has 50 heavy (non-hydrogen) atoms. The monoisotopic (exact) mass is 662 g/mol. The normalized spacial score (nSPS) is 9.96. The van der Waals surface area contributed by atoms with Crippen LogP contribution in [-0.4, -0.2) is 11.6 Å². The average Bonchev–Trinajstić information content (AvgIpc) is 3.17. The Balaban J connectivity index is 0.00000107. The summed E-state index contributed by atoms with van der Waals surface area (Å²) in [6.07, 6.45) is 0. The van der Waals surface area contributed by atoms with Gasteiger partial charge in [0.05, 0.1) is 0 Å². The van der Waals surface area contributed by atoms with Crippen molar-refractivity contribution in [3.63, 3.8) is 0 Å². The topological polar surface area (TPSA) is 86.2 Å². The summed E-state index contributed by atoms with van der Waals surface area (Å²) in [5, 5.41) is 0. The Labute approximate surface area is 298 Å². The first-order valence-corrected chi connectivity index (χ1v) is 17.3. The number of benzene rings is 6. The molecule has 6 aromatic carbocycles. The number of hydrogen-bond acceptors (Lipinski definition) is 4. The number of nitrogens with two attached hydrogens (primary N) is 2. The molecule has 0 amide bonds. The molecule has 0 aromatic heterocycles. The van der Waals surface area contributed by atoms with Crippen LogP contribution in [0.15, 0.2) is 133 Å². The molecule has 6 rings (SSSR count). The van der Waals surface area contributed by atoms with Crippen LogP contribution in [-0.2, 0) is 0 Å². The Bertz CT molecular complexity index is 1910. The number of ketones is 2. The minimum absolute atomic E-state index is 0.0460. The number of carbonyl (C=O) groups excluding carboxylic acids is 2. The lowest BCUT2D eigenvalue weighted by molar-refractivity contribution is 0.103. The molecule has 0 heterocycles. The molecule has 0 unspecified atom stereocenters. The second-order valence-corrected chi connectivity index (χ2v) is 11.5. The zero-order chi connectivity index (χ0) is 36.8. The maximum Gasteiger partial charge on any atom is 0.193 e. The molecular weight excluding hydrogens is 613 g/mol. The van der Waals surface area contributed by atoms with Crippen LogP contribution in [0.1, 0.15) is 81.8 Å². The molecule has 0 aliphatic carbocycles. The molecular formula is C46H50N2O2. The van der Waals surface area contributed by atoms with Crippen molar-refractivity contribution in [2.24, 2.45) is 11.7 Å². The zero-order valence-electron chi connectivity index (χ0n) is 30.7. The van der Waals surface area contributed by atoms with Crippen molar-refractivity contribution in [2.45, 2.75) is 55.4 Å². The van der Waals surface area contributed by atoms with Gasteiger partial charge >= 0.3 is 0 Å². The Kier molecular flexibility index (Phi) is 14.8. The van der Waals surface area contributed by atoms with E-state index in [0.29, 0.717) is 0 Å². The molecule has 256 valence electrons. The molecule has 0 aliphatic rings. The molecule has 4 nitrogen and oxygen atoms in total. The molecule has 4 N–H and O–H groups in total. The van der Waals surface area contributed by atoms with E-state index < -0.39 is 0 Å². The van der Waals surface area contributed by atoms with E-state index in [1.54, 1.807) is 0 Å². The van der Waals surface area contributed by atoms with Gasteiger partial charge in [-0.1, -0.05) is 137 Å². The molecule has 0 saturated carbocycles. The highest BCUT2D eigenvalue weighted by molar-refractivity contribution is 6.12. The average molecular weight is 663 g/mol. The van der Waals surface area contributed by atoms with Crippen LogP contribution in [0.25, 0.3) is 33.4 Å². The Morgan fingerprint density at radius 2 is 0.620 bits per heavy atom. The van der Waals surface area contributed by atoms with Gasteiger partial charge < -0.3 is 0 Å². The van der Waals surface area contributed by atoms with Gasteiger partial charge in [-0.05, 0) is 108 Å². The molecule has 0 bridgehead atoms. The van der Waals surface area contributed by atoms with Crippen molar-refractivity contribution in [1.29, 1.82) is 0 Å². The molecule has 0 spiro atoms. The van der Waals surface area contributed by atoms with Gasteiger partial charge in [0, 0.05) is 22.3 Å². The van der Waals surface area contributed by atoms with E-state index in [1.807, 2.05) is 128 Å². The molecule has 4 heteroatoms. The number of hydrazine groups is 1. The molecule has 0 atom stereocenters. The van der Waals surface area contributed by atoms with Crippen molar-refractivity contribution >= 4 is 11.6 Å². The van der Waals surface area contributed by atoms with Crippen molar-refractivity contribution in [1.82, 2.24) is 0 Å². The van der Waals surface area contributed by atoms with E-state index in [2.05, 4.69) is 72.3 Å². The van der Waals surface area contributed by atoms with Crippen molar-refractivity contribution in [3.8, 4) is 33.4 Å². The summed E-state index contributed by atoms with van der Waals surface area (Å²) >= 11 is 0. The Morgan fingerprint density at radius 1 is 0.340 bits per heavy atom. The summed E-state index contributed by atoms with van der Waals surface area (Å²) in [5.41, 5.74) is 13.1. The Morgan fingerprint density at radius 3 is 0.940 bits per heavy atom. The van der Waals surface area contributed by atoms with Crippen molar-refractivity contribution in [2.75, 3.05) is 0 Å². The maximum absolute atomic E-state index is 13.5. The predicted octanol–water partition coefficient (Wildman–Crippen LogP) is 11.3. The number of rotatable bonds is 7. The second-order valence-electron chi connectivity index (χ2n) is 11.5. The number of aryl methyl sites for hydroxylation is 4. The van der Waals surface area contributed by atoms with Gasteiger partial charge in [0.1, 0.15) is 0 Å². The lowest BCUT2D eigenvalue weighted by atomic mass is 9.91. The quantitative estimate of drug-likeness (QED) is 0.101. The van der Waals surface area contributed by atoms with Crippen LogP contribution in [0.5, 0.6) is 0 Å². The SMILES string of the molecule is CC.CC.Cc1ccccc1C(=O)c1cc(-c2cccc(-c3cccc(-c4ccc(C)c(C(=O)c5ccccc5C)c4)c3)c2)ccc1C.NN.